The third kappa shape index (κ3) is 4.08. The van der Waals surface area contributed by atoms with Crippen molar-refractivity contribution in [3.8, 4) is 11.1 Å². The SMILES string of the molecule is CCN(CC)CCNC(=O)N(S)c1ccc2c(c1)Cc1cc(Br)ccc1-2. The molecule has 1 N–H and O–H groups in total. The van der Waals surface area contributed by atoms with Crippen molar-refractivity contribution in [3.63, 3.8) is 0 Å². The number of nitrogens with zero attached hydrogens (tertiary/aromatic N) is 2. The maximum absolute atomic E-state index is 12.4. The predicted molar refractivity (Wildman–Crippen MR) is 115 cm³/mol. The number of hydrogen-bond acceptors (Lipinski definition) is 3. The van der Waals surface area contributed by atoms with Crippen LogP contribution in [0.25, 0.3) is 11.1 Å². The van der Waals surface area contributed by atoms with Crippen molar-refractivity contribution >= 4 is 40.5 Å². The fourth-order valence-corrected chi connectivity index (χ4v) is 3.95. The second-order valence-electron chi connectivity index (χ2n) is 6.39. The number of amides is 2. The van der Waals surface area contributed by atoms with E-state index in [0.29, 0.717) is 6.54 Å². The molecule has 0 spiro atoms. The summed E-state index contributed by atoms with van der Waals surface area (Å²) < 4.78 is 2.48. The summed E-state index contributed by atoms with van der Waals surface area (Å²) in [5, 5.41) is 2.94. The second kappa shape index (κ2) is 8.46. The fourth-order valence-electron chi connectivity index (χ4n) is 3.35. The van der Waals surface area contributed by atoms with Crippen LogP contribution in [0.4, 0.5) is 10.5 Å². The molecule has 138 valence electrons. The fraction of sp³-hybridized carbons (Fsp3) is 0.350. The van der Waals surface area contributed by atoms with E-state index in [-0.39, 0.29) is 6.03 Å². The molecule has 6 heteroatoms. The molecule has 3 rings (SSSR count). The smallest absolute Gasteiger partial charge is 0.331 e. The molecule has 2 amide bonds. The normalized spacial score (nSPS) is 12.0. The van der Waals surface area contributed by atoms with Gasteiger partial charge in [-0.05, 0) is 66.0 Å². The number of benzene rings is 2. The number of anilines is 1. The number of urea groups is 1. The van der Waals surface area contributed by atoms with Crippen molar-refractivity contribution in [1.29, 1.82) is 0 Å². The van der Waals surface area contributed by atoms with Gasteiger partial charge in [0, 0.05) is 17.6 Å². The first-order chi connectivity index (χ1) is 12.5. The van der Waals surface area contributed by atoms with Crippen LogP contribution in [0.5, 0.6) is 0 Å². The third-order valence-electron chi connectivity index (χ3n) is 4.86. The van der Waals surface area contributed by atoms with Gasteiger partial charge in [0.15, 0.2) is 0 Å². The van der Waals surface area contributed by atoms with Crippen LogP contribution in [-0.4, -0.2) is 37.1 Å². The Labute approximate surface area is 169 Å². The summed E-state index contributed by atoms with van der Waals surface area (Å²) in [5.74, 6) is 0. The number of nitrogens with one attached hydrogen (secondary N) is 1. The number of carbonyl (C=O) groups excluding carboxylic acids is 1. The topological polar surface area (TPSA) is 35.6 Å². The van der Waals surface area contributed by atoms with Gasteiger partial charge >= 0.3 is 6.03 Å². The quantitative estimate of drug-likeness (QED) is 0.551. The lowest BCUT2D eigenvalue weighted by Crippen LogP contribution is -2.39. The van der Waals surface area contributed by atoms with Crippen molar-refractivity contribution < 1.29 is 4.79 Å². The summed E-state index contributed by atoms with van der Waals surface area (Å²) in [6.07, 6.45) is 0.878. The van der Waals surface area contributed by atoms with Gasteiger partial charge in [-0.15, -0.1) is 0 Å². The van der Waals surface area contributed by atoms with Crippen LogP contribution >= 0.6 is 28.7 Å². The first-order valence-corrected chi connectivity index (χ1v) is 10.1. The minimum Gasteiger partial charge on any atom is -0.336 e. The number of rotatable bonds is 6. The van der Waals surface area contributed by atoms with E-state index < -0.39 is 0 Å². The number of halogens is 1. The van der Waals surface area contributed by atoms with E-state index in [4.69, 9.17) is 0 Å². The summed E-state index contributed by atoms with van der Waals surface area (Å²) in [7, 11) is 0. The number of likely N-dealkylation sites (N-methyl/N-ethyl adjacent to an activating group) is 1. The van der Waals surface area contributed by atoms with Gasteiger partial charge in [0.1, 0.15) is 0 Å². The molecule has 0 heterocycles. The highest BCUT2D eigenvalue weighted by Gasteiger charge is 2.21. The van der Waals surface area contributed by atoms with Crippen molar-refractivity contribution in [2.75, 3.05) is 30.5 Å². The summed E-state index contributed by atoms with van der Waals surface area (Å²) in [5.41, 5.74) is 5.83. The Morgan fingerprint density at radius 2 is 1.77 bits per heavy atom. The average Bonchev–Trinajstić information content (AvgIpc) is 3.00. The van der Waals surface area contributed by atoms with Gasteiger partial charge in [0.25, 0.3) is 0 Å². The minimum atomic E-state index is -0.196. The summed E-state index contributed by atoms with van der Waals surface area (Å²) >= 11 is 7.94. The second-order valence-corrected chi connectivity index (χ2v) is 7.71. The highest BCUT2D eigenvalue weighted by Crippen LogP contribution is 2.39. The average molecular weight is 434 g/mol. The van der Waals surface area contributed by atoms with E-state index in [1.807, 2.05) is 6.07 Å². The molecule has 1 aliphatic carbocycles. The molecule has 1 aliphatic rings. The van der Waals surface area contributed by atoms with Crippen molar-refractivity contribution in [2.45, 2.75) is 20.3 Å². The Bertz CT molecular complexity index is 808. The molecule has 0 bridgehead atoms. The van der Waals surface area contributed by atoms with Crippen LogP contribution in [0.2, 0.25) is 0 Å². The van der Waals surface area contributed by atoms with E-state index in [2.05, 4.69) is 83.1 Å². The number of thiol groups is 1. The first kappa shape index (κ1) is 19.3. The zero-order valence-electron chi connectivity index (χ0n) is 15.1. The Kier molecular flexibility index (Phi) is 6.27. The van der Waals surface area contributed by atoms with Crippen molar-refractivity contribution in [2.24, 2.45) is 0 Å². The van der Waals surface area contributed by atoms with Crippen LogP contribution in [0.1, 0.15) is 25.0 Å². The molecule has 0 saturated carbocycles. The first-order valence-electron chi connectivity index (χ1n) is 8.94. The van der Waals surface area contributed by atoms with E-state index >= 15 is 0 Å². The molecule has 4 nitrogen and oxygen atoms in total. The van der Waals surface area contributed by atoms with Crippen LogP contribution < -0.4 is 9.62 Å². The van der Waals surface area contributed by atoms with Crippen LogP contribution in [0.3, 0.4) is 0 Å². The Morgan fingerprint density at radius 1 is 1.12 bits per heavy atom. The molecule has 0 aromatic heterocycles. The lowest BCUT2D eigenvalue weighted by Gasteiger charge is -2.21. The van der Waals surface area contributed by atoms with Crippen LogP contribution in [0.15, 0.2) is 40.9 Å². The van der Waals surface area contributed by atoms with E-state index in [1.165, 1.54) is 26.6 Å². The third-order valence-corrected chi connectivity index (χ3v) is 5.77. The Hall–Kier alpha value is -1.50. The minimum absolute atomic E-state index is 0.196. The molecule has 0 saturated heterocycles. The molecular weight excluding hydrogens is 410 g/mol. The molecular formula is C20H24BrN3OS. The number of carbonyl (C=O) groups is 1. The molecule has 0 radical (unpaired) electrons. The maximum Gasteiger partial charge on any atom is 0.331 e. The molecule has 26 heavy (non-hydrogen) atoms. The monoisotopic (exact) mass is 433 g/mol. The van der Waals surface area contributed by atoms with E-state index in [0.717, 1.165) is 36.2 Å². The van der Waals surface area contributed by atoms with Gasteiger partial charge in [0.2, 0.25) is 0 Å². The molecule has 0 fully saturated rings. The van der Waals surface area contributed by atoms with Crippen LogP contribution in [-0.2, 0) is 6.42 Å². The lowest BCUT2D eigenvalue weighted by atomic mass is 10.1. The van der Waals surface area contributed by atoms with E-state index in [1.54, 1.807) is 0 Å². The number of hydrogen-bond donors (Lipinski definition) is 2. The van der Waals surface area contributed by atoms with Gasteiger partial charge in [-0.1, -0.05) is 54.7 Å². The van der Waals surface area contributed by atoms with Gasteiger partial charge in [-0.2, -0.15) is 0 Å². The molecule has 0 aliphatic heterocycles. The van der Waals surface area contributed by atoms with Gasteiger partial charge < -0.3 is 10.2 Å². The van der Waals surface area contributed by atoms with Crippen molar-refractivity contribution in [1.82, 2.24) is 10.2 Å². The Balaban J connectivity index is 1.66. The standard InChI is InChI=1S/C20H24BrN3OS/c1-3-23(4-2)10-9-22-20(25)24(26)17-6-8-19-15(13-17)11-14-12-16(21)5-7-18(14)19/h5-8,12-13,26H,3-4,9-11H2,1-2H3,(H,22,25). The summed E-state index contributed by atoms with van der Waals surface area (Å²) in [6.45, 7) is 7.67. The molecule has 0 atom stereocenters. The van der Waals surface area contributed by atoms with E-state index in [9.17, 15) is 4.79 Å². The molecule has 2 aromatic rings. The highest BCUT2D eigenvalue weighted by molar-refractivity contribution is 9.10. The summed E-state index contributed by atoms with van der Waals surface area (Å²) in [6, 6.07) is 12.3. The van der Waals surface area contributed by atoms with Gasteiger partial charge in [-0.25, -0.2) is 9.10 Å². The summed E-state index contributed by atoms with van der Waals surface area (Å²) in [4.78, 5) is 14.7. The van der Waals surface area contributed by atoms with Crippen molar-refractivity contribution in [3.05, 3.63) is 52.0 Å². The predicted octanol–water partition coefficient (Wildman–Crippen LogP) is 4.72. The maximum atomic E-state index is 12.4. The lowest BCUT2D eigenvalue weighted by molar-refractivity contribution is 0.245. The van der Waals surface area contributed by atoms with Gasteiger partial charge in [0.05, 0.1) is 5.69 Å². The highest BCUT2D eigenvalue weighted by atomic mass is 79.9. The Morgan fingerprint density at radius 3 is 2.46 bits per heavy atom. The zero-order chi connectivity index (χ0) is 18.7. The number of fused-ring (bicyclic) bond motifs is 3. The largest absolute Gasteiger partial charge is 0.336 e. The van der Waals surface area contributed by atoms with Crippen LogP contribution in [0, 0.1) is 0 Å². The van der Waals surface area contributed by atoms with Gasteiger partial charge in [-0.3, -0.25) is 0 Å². The zero-order valence-corrected chi connectivity index (χ0v) is 17.6. The molecule has 0 unspecified atom stereocenters. The molecule has 2 aromatic carbocycles.